The summed E-state index contributed by atoms with van der Waals surface area (Å²) in [6, 6.07) is 49.0. The standard InChI is InChI=1S/C39H21N5/c40-22-25-17-19-37-31(21-25)29-11-3-7-15-35(29)44(37)38-20-18-26(23-41)39(32(38)24-42)30-12-4-8-16-36(30)43-33-13-5-1-9-27(33)28-10-2-6-14-34(28)43/h1-21H. The highest BCUT2D eigenvalue weighted by molar-refractivity contribution is 6.11. The zero-order valence-electron chi connectivity index (χ0n) is 23.4. The molecule has 0 aliphatic rings. The molecule has 0 saturated heterocycles. The van der Waals surface area contributed by atoms with Gasteiger partial charge in [-0.1, -0.05) is 72.8 Å². The number of benzene rings is 6. The SMILES string of the molecule is N#Cc1ccc2c(c1)c1ccccc1n2-c1ccc(C#N)c(-c2ccccc2-n2c3ccccc3c3ccccc32)c1C#N. The van der Waals surface area contributed by atoms with Gasteiger partial charge in [-0.05, 0) is 54.6 Å². The van der Waals surface area contributed by atoms with Crippen LogP contribution in [-0.4, -0.2) is 9.13 Å². The maximum Gasteiger partial charge on any atom is 0.102 e. The molecule has 6 aromatic carbocycles. The van der Waals surface area contributed by atoms with E-state index >= 15 is 0 Å². The van der Waals surface area contributed by atoms with Gasteiger partial charge in [0.2, 0.25) is 0 Å². The van der Waals surface area contributed by atoms with Crippen LogP contribution in [0.15, 0.2) is 127 Å². The third kappa shape index (κ3) is 3.50. The van der Waals surface area contributed by atoms with Gasteiger partial charge in [0.1, 0.15) is 6.07 Å². The molecule has 0 amide bonds. The van der Waals surface area contributed by atoms with Gasteiger partial charge in [-0.3, -0.25) is 0 Å². The van der Waals surface area contributed by atoms with Crippen molar-refractivity contribution < 1.29 is 0 Å². The Morgan fingerprint density at radius 2 is 0.977 bits per heavy atom. The minimum absolute atomic E-state index is 0.407. The molecule has 0 spiro atoms. The van der Waals surface area contributed by atoms with Crippen LogP contribution in [0.4, 0.5) is 0 Å². The second kappa shape index (κ2) is 9.74. The average molecular weight is 560 g/mol. The maximum absolute atomic E-state index is 10.8. The van der Waals surface area contributed by atoms with Gasteiger partial charge in [-0.2, -0.15) is 15.8 Å². The van der Waals surface area contributed by atoms with Crippen molar-refractivity contribution >= 4 is 43.6 Å². The molecule has 0 N–H and O–H groups in total. The molecule has 2 heterocycles. The molecule has 0 atom stereocenters. The van der Waals surface area contributed by atoms with Gasteiger partial charge in [0.05, 0.1) is 62.3 Å². The second-order valence-corrected chi connectivity index (χ2v) is 10.7. The molecule has 8 aromatic rings. The second-order valence-electron chi connectivity index (χ2n) is 10.7. The summed E-state index contributed by atoms with van der Waals surface area (Å²) < 4.78 is 4.29. The van der Waals surface area contributed by atoms with Crippen LogP contribution in [0.2, 0.25) is 0 Å². The molecule has 0 bridgehead atoms. The molecular formula is C39H21N5. The van der Waals surface area contributed by atoms with Crippen LogP contribution >= 0.6 is 0 Å². The lowest BCUT2D eigenvalue weighted by molar-refractivity contribution is 1.16. The first-order valence-corrected chi connectivity index (χ1v) is 14.2. The Balaban J connectivity index is 1.48. The van der Waals surface area contributed by atoms with Crippen LogP contribution in [0.1, 0.15) is 16.7 Å². The summed E-state index contributed by atoms with van der Waals surface area (Å²) in [5, 5.41) is 35.0. The van der Waals surface area contributed by atoms with Gasteiger partial charge in [-0.15, -0.1) is 0 Å². The molecule has 0 fully saturated rings. The van der Waals surface area contributed by atoms with E-state index in [1.807, 2.05) is 91.0 Å². The summed E-state index contributed by atoms with van der Waals surface area (Å²) in [6.45, 7) is 0. The van der Waals surface area contributed by atoms with E-state index in [0.717, 1.165) is 54.9 Å². The third-order valence-electron chi connectivity index (χ3n) is 8.45. The first-order chi connectivity index (χ1) is 21.7. The highest BCUT2D eigenvalue weighted by Gasteiger charge is 2.23. The van der Waals surface area contributed by atoms with Crippen molar-refractivity contribution in [2.45, 2.75) is 0 Å². The van der Waals surface area contributed by atoms with Crippen LogP contribution in [-0.2, 0) is 0 Å². The molecule has 8 rings (SSSR count). The van der Waals surface area contributed by atoms with Gasteiger partial charge >= 0.3 is 0 Å². The van der Waals surface area contributed by atoms with Crippen molar-refractivity contribution in [3.63, 3.8) is 0 Å². The first kappa shape index (κ1) is 25.1. The third-order valence-corrected chi connectivity index (χ3v) is 8.45. The fraction of sp³-hybridized carbons (Fsp3) is 0. The molecule has 0 saturated carbocycles. The lowest BCUT2D eigenvalue weighted by atomic mass is 9.92. The Labute approximate surface area is 252 Å². The number of nitriles is 3. The summed E-state index contributed by atoms with van der Waals surface area (Å²) in [5.41, 5.74) is 8.23. The van der Waals surface area contributed by atoms with Crippen LogP contribution < -0.4 is 0 Å². The lowest BCUT2D eigenvalue weighted by Gasteiger charge is -2.18. The van der Waals surface area contributed by atoms with Crippen molar-refractivity contribution in [1.29, 1.82) is 15.8 Å². The first-order valence-electron chi connectivity index (χ1n) is 14.2. The summed E-state index contributed by atoms with van der Waals surface area (Å²) in [5.74, 6) is 0. The van der Waals surface area contributed by atoms with Crippen molar-refractivity contribution in [1.82, 2.24) is 9.13 Å². The fourth-order valence-electron chi connectivity index (χ4n) is 6.63. The van der Waals surface area contributed by atoms with Crippen LogP contribution in [0.5, 0.6) is 0 Å². The number of aromatic nitrogens is 2. The molecule has 44 heavy (non-hydrogen) atoms. The average Bonchev–Trinajstić information content (AvgIpc) is 3.60. The Morgan fingerprint density at radius 3 is 1.59 bits per heavy atom. The molecule has 202 valence electrons. The number of hydrogen-bond donors (Lipinski definition) is 0. The van der Waals surface area contributed by atoms with Gasteiger partial charge in [0, 0.05) is 32.7 Å². The number of fused-ring (bicyclic) bond motifs is 6. The molecule has 5 nitrogen and oxygen atoms in total. The highest BCUT2D eigenvalue weighted by atomic mass is 15.0. The number of rotatable bonds is 3. The monoisotopic (exact) mass is 559 g/mol. The van der Waals surface area contributed by atoms with E-state index < -0.39 is 0 Å². The van der Waals surface area contributed by atoms with Crippen molar-refractivity contribution in [2.24, 2.45) is 0 Å². The largest absolute Gasteiger partial charge is 0.309 e. The predicted octanol–water partition coefficient (Wildman–Crippen LogP) is 9.16. The zero-order valence-corrected chi connectivity index (χ0v) is 23.4. The van der Waals surface area contributed by atoms with Crippen molar-refractivity contribution in [3.05, 3.63) is 144 Å². The lowest BCUT2D eigenvalue weighted by Crippen LogP contribution is -2.04. The highest BCUT2D eigenvalue weighted by Crippen LogP contribution is 2.41. The Bertz CT molecular complexity index is 2540. The van der Waals surface area contributed by atoms with Gasteiger partial charge in [-0.25, -0.2) is 0 Å². The van der Waals surface area contributed by atoms with Crippen LogP contribution in [0, 0.1) is 34.0 Å². The predicted molar refractivity (Wildman–Crippen MR) is 175 cm³/mol. The molecule has 0 unspecified atom stereocenters. The summed E-state index contributed by atoms with van der Waals surface area (Å²) in [7, 11) is 0. The van der Waals surface area contributed by atoms with Crippen molar-refractivity contribution in [2.75, 3.05) is 0 Å². The minimum atomic E-state index is 0.407. The van der Waals surface area contributed by atoms with E-state index in [4.69, 9.17) is 0 Å². The molecule has 0 radical (unpaired) electrons. The number of para-hydroxylation sites is 4. The van der Waals surface area contributed by atoms with E-state index in [0.29, 0.717) is 27.9 Å². The fourth-order valence-corrected chi connectivity index (χ4v) is 6.63. The van der Waals surface area contributed by atoms with Crippen LogP contribution in [0.25, 0.3) is 66.1 Å². The summed E-state index contributed by atoms with van der Waals surface area (Å²) in [6.07, 6.45) is 0. The molecule has 0 aliphatic heterocycles. The van der Waals surface area contributed by atoms with E-state index in [9.17, 15) is 15.8 Å². The maximum atomic E-state index is 10.8. The molecule has 0 aliphatic carbocycles. The van der Waals surface area contributed by atoms with E-state index in [1.165, 1.54) is 0 Å². The van der Waals surface area contributed by atoms with Crippen LogP contribution in [0.3, 0.4) is 0 Å². The number of hydrogen-bond acceptors (Lipinski definition) is 3. The summed E-state index contributed by atoms with van der Waals surface area (Å²) >= 11 is 0. The Morgan fingerprint density at radius 1 is 0.432 bits per heavy atom. The van der Waals surface area contributed by atoms with Gasteiger partial charge in [0.15, 0.2) is 0 Å². The quantitative estimate of drug-likeness (QED) is 0.216. The molecule has 2 aromatic heterocycles. The van der Waals surface area contributed by atoms with E-state index in [1.54, 1.807) is 12.1 Å². The van der Waals surface area contributed by atoms with Gasteiger partial charge in [0.25, 0.3) is 0 Å². The topological polar surface area (TPSA) is 81.2 Å². The summed E-state index contributed by atoms with van der Waals surface area (Å²) in [4.78, 5) is 0. The zero-order chi connectivity index (χ0) is 29.8. The van der Waals surface area contributed by atoms with E-state index in [2.05, 4.69) is 51.6 Å². The Hall–Kier alpha value is -6.61. The molecule has 5 heteroatoms. The van der Waals surface area contributed by atoms with Gasteiger partial charge < -0.3 is 9.13 Å². The smallest absolute Gasteiger partial charge is 0.102 e. The normalized spacial score (nSPS) is 11.1. The van der Waals surface area contributed by atoms with E-state index in [-0.39, 0.29) is 0 Å². The Kier molecular flexibility index (Phi) is 5.56. The number of nitrogens with zero attached hydrogens (tertiary/aromatic N) is 5. The molecular weight excluding hydrogens is 538 g/mol. The minimum Gasteiger partial charge on any atom is -0.309 e. The van der Waals surface area contributed by atoms with Crippen molar-refractivity contribution in [3.8, 4) is 40.7 Å².